The molecule has 5 N–H and O–H groups in total. The van der Waals surface area contributed by atoms with Crippen LogP contribution in [0.25, 0.3) is 17.0 Å². The average molecular weight is 868 g/mol. The van der Waals surface area contributed by atoms with Gasteiger partial charge < -0.3 is 30.6 Å². The lowest BCUT2D eigenvalue weighted by molar-refractivity contribution is -0.136. The van der Waals surface area contributed by atoms with Gasteiger partial charge in [-0.15, -0.1) is 0 Å². The summed E-state index contributed by atoms with van der Waals surface area (Å²) in [6.07, 6.45) is 16.1. The number of hydrogen-bond acceptors (Lipinski definition) is 14. The van der Waals surface area contributed by atoms with Crippen LogP contribution in [0.15, 0.2) is 73.4 Å². The topological polar surface area (TPSA) is 216 Å². The summed E-state index contributed by atoms with van der Waals surface area (Å²) in [5, 5.41) is 8.98. The molecule has 0 radical (unpaired) electrons. The molecule has 5 amide bonds. The molecule has 0 aliphatic carbocycles. The molecule has 3 fully saturated rings. The van der Waals surface area contributed by atoms with E-state index in [2.05, 4.69) is 65.0 Å². The normalized spacial score (nSPS) is 18.4. The molecular formula is C46H53N13O5. The molecule has 3 saturated heterocycles. The number of nitrogens with one attached hydrogen (secondary N) is 3. The number of piperidine rings is 2. The minimum atomic E-state index is -0.990. The second kappa shape index (κ2) is 18.8. The maximum Gasteiger partial charge on any atom is 0.264 e. The molecule has 332 valence electrons. The molecule has 4 aliphatic heterocycles. The zero-order chi connectivity index (χ0) is 44.2. The zero-order valence-corrected chi connectivity index (χ0v) is 35.7. The number of carbonyl (C=O) groups is 5. The lowest BCUT2D eigenvalue weighted by atomic mass is 10.0. The molecule has 4 aliphatic rings. The van der Waals surface area contributed by atoms with E-state index >= 15 is 0 Å². The lowest BCUT2D eigenvalue weighted by Gasteiger charge is -2.43. The molecule has 1 atom stereocenters. The van der Waals surface area contributed by atoms with Gasteiger partial charge in [-0.05, 0) is 68.5 Å². The average Bonchev–Trinajstić information content (AvgIpc) is 3.89. The van der Waals surface area contributed by atoms with E-state index in [0.717, 1.165) is 94.8 Å². The summed E-state index contributed by atoms with van der Waals surface area (Å²) in [6, 6.07) is 13.0. The number of unbranched alkanes of at least 4 members (excludes halogenated alkanes) is 4. The van der Waals surface area contributed by atoms with Crippen LogP contribution in [0.5, 0.6) is 0 Å². The number of aromatic nitrogens is 5. The number of rotatable bonds is 15. The number of nitrogens with two attached hydrogens (primary N) is 1. The Bertz CT molecular complexity index is 2550. The fraction of sp³-hybridized carbons (Fsp3) is 0.413. The lowest BCUT2D eigenvalue weighted by Crippen LogP contribution is -2.54. The highest BCUT2D eigenvalue weighted by Gasteiger charge is 2.45. The van der Waals surface area contributed by atoms with E-state index in [4.69, 9.17) is 10.7 Å². The van der Waals surface area contributed by atoms with Crippen molar-refractivity contribution in [3.8, 4) is 11.4 Å². The second-order valence-corrected chi connectivity index (χ2v) is 16.9. The molecule has 5 aromatic rings. The Kier molecular flexibility index (Phi) is 12.4. The SMILES string of the molecule is Nc1cncc(-c2cn3ccnc3c(Nc3ccc(N4CCN(C5CCN(C(=O)CCCCCCCNc6cccc7c6C(=O)N(C6CCC(=O)NC6=O)C7=O)CC5)CC4)cc3)n2)n1. The molecule has 7 heterocycles. The number of imide groups is 2. The van der Waals surface area contributed by atoms with Crippen LogP contribution in [-0.2, 0) is 14.4 Å². The smallest absolute Gasteiger partial charge is 0.264 e. The van der Waals surface area contributed by atoms with E-state index in [1.807, 2.05) is 21.7 Å². The number of fused-ring (bicyclic) bond motifs is 2. The van der Waals surface area contributed by atoms with Gasteiger partial charge in [0.1, 0.15) is 23.2 Å². The first-order valence-electron chi connectivity index (χ1n) is 22.3. The standard InChI is InChI=1S/C46H53N13O5/c47-38-28-48-27-35(52-38)36-29-58-22-19-50-43(58)42(53-36)51-30-10-12-31(13-11-30)55-23-25-56(26-24-55)32-16-20-57(21-17-32)40(61)9-4-2-1-3-5-18-49-34-8-6-7-33-41(34)46(64)59(45(33)63)37-14-15-39(60)54-44(37)62/h6-8,10-13,19,22,27-29,32,37,49H,1-5,9,14-18,20-21,23-26H2,(H2,47,52)(H,51,53)(H,54,60,62). The predicted octanol–water partition coefficient (Wildman–Crippen LogP) is 4.48. The van der Waals surface area contributed by atoms with Crippen molar-refractivity contribution in [3.63, 3.8) is 0 Å². The summed E-state index contributed by atoms with van der Waals surface area (Å²) in [5.74, 6) is -0.858. The molecule has 9 rings (SSSR count). The van der Waals surface area contributed by atoms with Gasteiger partial charge in [0, 0.05) is 100 Å². The largest absolute Gasteiger partial charge is 0.384 e. The van der Waals surface area contributed by atoms with Gasteiger partial charge in [0.25, 0.3) is 11.8 Å². The summed E-state index contributed by atoms with van der Waals surface area (Å²) in [7, 11) is 0. The fourth-order valence-electron chi connectivity index (χ4n) is 9.34. The van der Waals surface area contributed by atoms with Crippen LogP contribution in [0, 0.1) is 0 Å². The van der Waals surface area contributed by atoms with Crippen molar-refractivity contribution in [1.29, 1.82) is 0 Å². The highest BCUT2D eigenvalue weighted by molar-refractivity contribution is 6.25. The second-order valence-electron chi connectivity index (χ2n) is 16.9. The number of piperazine rings is 1. The first-order chi connectivity index (χ1) is 31.2. The maximum atomic E-state index is 13.3. The van der Waals surface area contributed by atoms with E-state index < -0.39 is 29.7 Å². The van der Waals surface area contributed by atoms with Crippen LogP contribution in [0.4, 0.5) is 28.7 Å². The zero-order valence-electron chi connectivity index (χ0n) is 35.7. The summed E-state index contributed by atoms with van der Waals surface area (Å²) in [6.45, 7) is 6.11. The Morgan fingerprint density at radius 2 is 1.61 bits per heavy atom. The molecule has 0 spiro atoms. The number of carbonyl (C=O) groups excluding carboxylic acids is 5. The summed E-state index contributed by atoms with van der Waals surface area (Å²) >= 11 is 0. The number of nitrogen functional groups attached to an aromatic ring is 1. The molecule has 3 aromatic heterocycles. The van der Waals surface area contributed by atoms with Crippen molar-refractivity contribution in [2.45, 2.75) is 76.3 Å². The molecule has 2 aromatic carbocycles. The van der Waals surface area contributed by atoms with Gasteiger partial charge in [0.15, 0.2) is 11.5 Å². The van der Waals surface area contributed by atoms with Crippen LogP contribution in [-0.4, -0.2) is 126 Å². The van der Waals surface area contributed by atoms with Gasteiger partial charge in [0.05, 0.1) is 23.5 Å². The number of nitrogens with zero attached hydrogens (tertiary/aromatic N) is 9. The molecule has 0 bridgehead atoms. The third kappa shape index (κ3) is 9.08. The van der Waals surface area contributed by atoms with Crippen molar-refractivity contribution in [1.82, 2.24) is 44.4 Å². The highest BCUT2D eigenvalue weighted by atomic mass is 16.2. The van der Waals surface area contributed by atoms with Crippen LogP contribution >= 0.6 is 0 Å². The monoisotopic (exact) mass is 867 g/mol. The van der Waals surface area contributed by atoms with E-state index in [1.165, 1.54) is 11.9 Å². The van der Waals surface area contributed by atoms with Crippen molar-refractivity contribution < 1.29 is 24.0 Å². The van der Waals surface area contributed by atoms with Crippen LogP contribution in [0.3, 0.4) is 0 Å². The van der Waals surface area contributed by atoms with Crippen molar-refractivity contribution in [2.24, 2.45) is 0 Å². The first-order valence-corrected chi connectivity index (χ1v) is 22.3. The Labute approximate surface area is 370 Å². The molecule has 18 heteroatoms. The fourth-order valence-corrected chi connectivity index (χ4v) is 9.34. The molecular weight excluding hydrogens is 815 g/mol. The Morgan fingerprint density at radius 1 is 0.828 bits per heavy atom. The van der Waals surface area contributed by atoms with E-state index in [9.17, 15) is 24.0 Å². The Hall–Kier alpha value is -6.95. The van der Waals surface area contributed by atoms with Crippen LogP contribution in [0.2, 0.25) is 0 Å². The highest BCUT2D eigenvalue weighted by Crippen LogP contribution is 2.33. The summed E-state index contributed by atoms with van der Waals surface area (Å²) in [5.41, 5.74) is 11.0. The Balaban J connectivity index is 0.656. The molecule has 18 nitrogen and oxygen atoms in total. The third-order valence-electron chi connectivity index (χ3n) is 12.8. The van der Waals surface area contributed by atoms with Gasteiger partial charge in [-0.25, -0.2) is 15.0 Å². The number of amides is 5. The number of benzene rings is 2. The quantitative estimate of drug-likeness (QED) is 0.0844. The number of imidazole rings is 1. The van der Waals surface area contributed by atoms with E-state index in [1.54, 1.807) is 30.6 Å². The van der Waals surface area contributed by atoms with Gasteiger partial charge in [-0.3, -0.25) is 44.1 Å². The minimum absolute atomic E-state index is 0.0815. The van der Waals surface area contributed by atoms with Gasteiger partial charge >= 0.3 is 0 Å². The van der Waals surface area contributed by atoms with Gasteiger partial charge in [-0.2, -0.15) is 0 Å². The van der Waals surface area contributed by atoms with Crippen molar-refractivity contribution in [2.75, 3.05) is 67.1 Å². The van der Waals surface area contributed by atoms with Crippen LogP contribution < -0.4 is 26.6 Å². The third-order valence-corrected chi connectivity index (χ3v) is 12.8. The number of hydrogen-bond donors (Lipinski definition) is 4. The summed E-state index contributed by atoms with van der Waals surface area (Å²) < 4.78 is 1.90. The maximum absolute atomic E-state index is 13.3. The number of anilines is 5. The van der Waals surface area contributed by atoms with Crippen LogP contribution in [0.1, 0.15) is 84.9 Å². The van der Waals surface area contributed by atoms with Crippen molar-refractivity contribution >= 4 is 63.9 Å². The van der Waals surface area contributed by atoms with Gasteiger partial charge in [0.2, 0.25) is 17.7 Å². The van der Waals surface area contributed by atoms with E-state index in [-0.39, 0.29) is 29.9 Å². The Morgan fingerprint density at radius 3 is 2.39 bits per heavy atom. The molecule has 64 heavy (non-hydrogen) atoms. The first kappa shape index (κ1) is 42.4. The summed E-state index contributed by atoms with van der Waals surface area (Å²) in [4.78, 5) is 89.5. The number of likely N-dealkylation sites (tertiary alicyclic amines) is 1. The van der Waals surface area contributed by atoms with E-state index in [0.29, 0.717) is 53.4 Å². The predicted molar refractivity (Wildman–Crippen MR) is 241 cm³/mol. The van der Waals surface area contributed by atoms with Gasteiger partial charge in [-0.1, -0.05) is 25.3 Å². The molecule has 0 saturated carbocycles. The minimum Gasteiger partial charge on any atom is -0.384 e. The molecule has 1 unspecified atom stereocenters. The van der Waals surface area contributed by atoms with Crippen molar-refractivity contribution in [3.05, 3.63) is 84.6 Å².